The van der Waals surface area contributed by atoms with E-state index in [4.69, 9.17) is 10.8 Å². The molecule has 0 spiro atoms. The first-order valence-corrected chi connectivity index (χ1v) is 12.3. The molecule has 1 rings (SSSR count). The van der Waals surface area contributed by atoms with Gasteiger partial charge in [0.05, 0.1) is 12.5 Å². The van der Waals surface area contributed by atoms with Crippen molar-refractivity contribution in [3.05, 3.63) is 35.9 Å². The Morgan fingerprint density at radius 3 is 1.77 bits per heavy atom. The maximum atomic E-state index is 12.8. The summed E-state index contributed by atoms with van der Waals surface area (Å²) in [5, 5.41) is 30.7. The summed E-state index contributed by atoms with van der Waals surface area (Å²) in [6.07, 6.45) is -2.19. The van der Waals surface area contributed by atoms with Crippen LogP contribution in [0.3, 0.4) is 0 Å². The second-order valence-corrected chi connectivity index (χ2v) is 9.19. The van der Waals surface area contributed by atoms with Gasteiger partial charge in [0.25, 0.3) is 0 Å². The molecular weight excluding hydrogens is 528 g/mol. The highest BCUT2D eigenvalue weighted by Crippen LogP contribution is 2.05. The number of nitrogens with two attached hydrogens (primary N) is 1. The minimum atomic E-state index is -1.60. The molecule has 0 saturated heterocycles. The molecule has 0 aliphatic rings. The van der Waals surface area contributed by atoms with Crippen LogP contribution in [0, 0.1) is 0 Å². The van der Waals surface area contributed by atoms with Crippen molar-refractivity contribution >= 4 is 41.4 Å². The van der Waals surface area contributed by atoms with Crippen LogP contribution in [0.4, 0.5) is 0 Å². The highest BCUT2D eigenvalue weighted by molar-refractivity contribution is 5.97. The molecule has 6 amide bonds. The van der Waals surface area contributed by atoms with Crippen molar-refractivity contribution in [3.8, 4) is 0 Å². The lowest BCUT2D eigenvalue weighted by Gasteiger charge is -2.26. The molecule has 0 aromatic heterocycles. The monoisotopic (exact) mass is 564 g/mol. The zero-order chi connectivity index (χ0) is 30.6. The number of aliphatic carboxylic acids is 1. The summed E-state index contributed by atoms with van der Waals surface area (Å²) in [5.74, 6) is -6.49. The van der Waals surface area contributed by atoms with Crippen molar-refractivity contribution in [2.24, 2.45) is 5.73 Å². The van der Waals surface area contributed by atoms with Crippen LogP contribution in [0.2, 0.25) is 0 Å². The SMILES string of the molecule is CC(=O)N[C@@H](C)C(=O)N[C@@H](CC(=O)O)C(=O)N[C@@H](C)C(=O)N[C@H](C(=O)N[C@@H](Cc1ccccc1)C(N)=O)[C@@H](C)O. The second kappa shape index (κ2) is 15.8. The van der Waals surface area contributed by atoms with Gasteiger partial charge in [-0.15, -0.1) is 0 Å². The van der Waals surface area contributed by atoms with Gasteiger partial charge in [0.15, 0.2) is 0 Å². The predicted molar refractivity (Wildman–Crippen MR) is 140 cm³/mol. The minimum absolute atomic E-state index is 0.0616. The molecule has 15 heteroatoms. The normalized spacial score (nSPS) is 15.1. The third kappa shape index (κ3) is 11.5. The molecule has 1 aromatic carbocycles. The molecule has 220 valence electrons. The first-order chi connectivity index (χ1) is 18.6. The summed E-state index contributed by atoms with van der Waals surface area (Å²) in [7, 11) is 0. The third-order valence-corrected chi connectivity index (χ3v) is 5.58. The molecule has 0 unspecified atom stereocenters. The van der Waals surface area contributed by atoms with E-state index in [2.05, 4.69) is 26.6 Å². The van der Waals surface area contributed by atoms with Crippen molar-refractivity contribution in [1.29, 1.82) is 0 Å². The fraction of sp³-hybridized carbons (Fsp3) is 0.480. The second-order valence-electron chi connectivity index (χ2n) is 9.19. The Balaban J connectivity index is 2.89. The van der Waals surface area contributed by atoms with Crippen LogP contribution in [0.15, 0.2) is 30.3 Å². The summed E-state index contributed by atoms with van der Waals surface area (Å²) in [4.78, 5) is 84.8. The van der Waals surface area contributed by atoms with Crippen molar-refractivity contribution in [3.63, 3.8) is 0 Å². The maximum absolute atomic E-state index is 12.8. The van der Waals surface area contributed by atoms with Gasteiger partial charge >= 0.3 is 5.97 Å². The number of carboxylic acid groups (broad SMARTS) is 1. The van der Waals surface area contributed by atoms with E-state index in [9.17, 15) is 38.7 Å². The fourth-order valence-corrected chi connectivity index (χ4v) is 3.45. The van der Waals surface area contributed by atoms with Crippen LogP contribution >= 0.6 is 0 Å². The summed E-state index contributed by atoms with van der Waals surface area (Å²) < 4.78 is 0. The van der Waals surface area contributed by atoms with E-state index in [1.807, 2.05) is 0 Å². The van der Waals surface area contributed by atoms with Gasteiger partial charge in [0, 0.05) is 13.3 Å². The smallest absolute Gasteiger partial charge is 0.305 e. The van der Waals surface area contributed by atoms with E-state index in [1.54, 1.807) is 30.3 Å². The van der Waals surface area contributed by atoms with Crippen LogP contribution in [-0.2, 0) is 40.0 Å². The number of aliphatic hydroxyl groups excluding tert-OH is 1. The van der Waals surface area contributed by atoms with Crippen LogP contribution in [0.25, 0.3) is 0 Å². The number of hydrogen-bond donors (Lipinski definition) is 8. The van der Waals surface area contributed by atoms with Crippen LogP contribution < -0.4 is 32.3 Å². The van der Waals surface area contributed by atoms with Crippen molar-refractivity contribution in [1.82, 2.24) is 26.6 Å². The number of nitrogens with one attached hydrogen (secondary N) is 5. The molecule has 0 saturated carbocycles. The molecule has 0 aliphatic carbocycles. The molecule has 9 N–H and O–H groups in total. The molecule has 15 nitrogen and oxygen atoms in total. The lowest BCUT2D eigenvalue weighted by molar-refractivity contribution is -0.141. The molecule has 0 aliphatic heterocycles. The highest BCUT2D eigenvalue weighted by Gasteiger charge is 2.32. The predicted octanol–water partition coefficient (Wildman–Crippen LogP) is -2.95. The van der Waals surface area contributed by atoms with E-state index in [0.29, 0.717) is 5.56 Å². The van der Waals surface area contributed by atoms with Crippen LogP contribution in [0.1, 0.15) is 39.7 Å². The van der Waals surface area contributed by atoms with Gasteiger partial charge in [-0.1, -0.05) is 30.3 Å². The van der Waals surface area contributed by atoms with Gasteiger partial charge in [0.1, 0.15) is 30.2 Å². The average molecular weight is 565 g/mol. The number of carboxylic acids is 1. The van der Waals surface area contributed by atoms with Crippen molar-refractivity contribution in [2.75, 3.05) is 0 Å². The lowest BCUT2D eigenvalue weighted by Crippen LogP contribution is -2.60. The lowest BCUT2D eigenvalue weighted by atomic mass is 10.0. The Hall–Kier alpha value is -4.53. The van der Waals surface area contributed by atoms with Crippen LogP contribution in [-0.4, -0.2) is 87.9 Å². The van der Waals surface area contributed by atoms with Crippen molar-refractivity contribution in [2.45, 2.75) is 76.8 Å². The Labute approximate surface area is 230 Å². The van der Waals surface area contributed by atoms with Crippen LogP contribution in [0.5, 0.6) is 0 Å². The van der Waals surface area contributed by atoms with E-state index >= 15 is 0 Å². The Bertz CT molecular complexity index is 1100. The zero-order valence-corrected chi connectivity index (χ0v) is 22.6. The van der Waals surface area contributed by atoms with Crippen molar-refractivity contribution < 1.29 is 43.8 Å². The number of carbonyl (C=O) groups is 7. The van der Waals surface area contributed by atoms with Gasteiger partial charge in [-0.25, -0.2) is 0 Å². The quantitative estimate of drug-likeness (QED) is 0.108. The van der Waals surface area contributed by atoms with Gasteiger partial charge in [-0.2, -0.15) is 0 Å². The summed E-state index contributed by atoms with van der Waals surface area (Å²) in [6, 6.07) is 1.98. The van der Waals surface area contributed by atoms with Gasteiger partial charge in [-0.3, -0.25) is 33.6 Å². The number of aliphatic hydroxyl groups is 1. The average Bonchev–Trinajstić information content (AvgIpc) is 2.85. The van der Waals surface area contributed by atoms with E-state index in [1.165, 1.54) is 27.7 Å². The van der Waals surface area contributed by atoms with Gasteiger partial charge in [-0.05, 0) is 26.3 Å². The number of benzene rings is 1. The van der Waals surface area contributed by atoms with E-state index in [0.717, 1.165) is 0 Å². The largest absolute Gasteiger partial charge is 0.481 e. The molecular formula is C25H36N6O9. The molecule has 40 heavy (non-hydrogen) atoms. The molecule has 6 atom stereocenters. The first kappa shape index (κ1) is 33.5. The third-order valence-electron chi connectivity index (χ3n) is 5.58. The highest BCUT2D eigenvalue weighted by atomic mass is 16.4. The summed E-state index contributed by atoms with van der Waals surface area (Å²) >= 11 is 0. The molecule has 0 bridgehead atoms. The maximum Gasteiger partial charge on any atom is 0.305 e. The van der Waals surface area contributed by atoms with Gasteiger partial charge < -0.3 is 42.5 Å². The molecule has 0 heterocycles. The molecule has 1 aromatic rings. The number of amides is 6. The van der Waals surface area contributed by atoms with Gasteiger partial charge in [0.2, 0.25) is 35.4 Å². The Kier molecular flexibility index (Phi) is 13.2. The topological polar surface area (TPSA) is 246 Å². The Morgan fingerprint density at radius 1 is 0.750 bits per heavy atom. The van der Waals surface area contributed by atoms with E-state index < -0.39 is 84.1 Å². The molecule has 0 radical (unpaired) electrons. The zero-order valence-electron chi connectivity index (χ0n) is 22.6. The summed E-state index contributed by atoms with van der Waals surface area (Å²) in [5.41, 5.74) is 6.11. The molecule has 0 fully saturated rings. The number of hydrogen-bond acceptors (Lipinski definition) is 8. The fourth-order valence-electron chi connectivity index (χ4n) is 3.45. The summed E-state index contributed by atoms with van der Waals surface area (Å²) in [6.45, 7) is 4.94. The number of carbonyl (C=O) groups excluding carboxylic acids is 6. The van der Waals surface area contributed by atoms with E-state index in [-0.39, 0.29) is 6.42 Å². The number of rotatable bonds is 15. The minimum Gasteiger partial charge on any atom is -0.481 e. The standard InChI is InChI=1S/C25H36N6O9/c1-12(27-15(4)33)22(37)30-18(11-19(34)35)24(39)28-13(2)23(38)31-20(14(3)32)25(40)29-17(21(26)36)10-16-8-6-5-7-9-16/h5-9,12-14,17-18,20,32H,10-11H2,1-4H3,(H2,26,36)(H,27,33)(H,28,39)(H,29,40)(H,30,37)(H,31,38)(H,34,35)/t12-,13-,14+,17-,18-,20-/m0/s1. The number of primary amides is 1. The first-order valence-electron chi connectivity index (χ1n) is 12.3. The Morgan fingerprint density at radius 2 is 1.27 bits per heavy atom.